The zero-order valence-electron chi connectivity index (χ0n) is 55.9. The van der Waals surface area contributed by atoms with Gasteiger partial charge in [-0.1, -0.05) is 38.1 Å². The van der Waals surface area contributed by atoms with E-state index >= 15 is 0 Å². The molecule has 4 N–H and O–H groups in total. The first kappa shape index (κ1) is 73.5. The van der Waals surface area contributed by atoms with Gasteiger partial charge in [0.25, 0.3) is 17.0 Å². The second-order valence-corrected chi connectivity index (χ2v) is 23.9. The van der Waals surface area contributed by atoms with Crippen molar-refractivity contribution in [3.05, 3.63) is 191 Å². The van der Waals surface area contributed by atoms with Gasteiger partial charge in [-0.2, -0.15) is 18.2 Å². The molecule has 1 amide bonds. The van der Waals surface area contributed by atoms with Gasteiger partial charge in [0.15, 0.2) is 44.9 Å². The van der Waals surface area contributed by atoms with Gasteiger partial charge in [0.05, 0.1) is 84.4 Å². The molecule has 5 aromatic carbocycles. The second kappa shape index (κ2) is 31.1. The zero-order valence-corrected chi connectivity index (χ0v) is 57.5. The normalized spacial score (nSPS) is 12.4. The Hall–Kier alpha value is -10.9. The Morgan fingerprint density at radius 1 is 0.701 bits per heavy atom. The Bertz CT molecular complexity index is 4810. The standard InChI is InChI=1S/C30H31N7O3S.C23H30N4O4.C9H6N2S.C8H5F3N2/c1-8-10-24-32-18(4)25-27(38)33-26(34-37(24)25)21-16-20(12-14-23(21)40-9-2)36-29(41)35(28(39)30(36,5)6)19-11-13-22(31-7)17(3)15-19;1-7-9-18-24-14(3)19-21(28)25-20(26-27(18)19)16-12-15(10-11-17(16)31-8-2)13-23(4,5)22(29)30-6;1-7-5-8(11-6-12)3-4-9(7)10-2;1-13-7-3-2-5(12)4-6(7)8(9,10)11/h11-16H,8-10H2,1-6H3,(H,33,34,38);10-12H,7-9,13H2,1-6H3,(H,25,26,28);3-5H,1H3;2-4H,12H2. The SMILES string of the molecule is CCCc1nc(C)c2c(=O)[nH]c(-c3cc(CC(C)(C)C(=O)OC)ccc3OCC)nn12.[C-]#[N+]c1ccc(N)cc1C(F)(F)F.[C-]#[N+]c1ccc(N2C(=O)C(C)(C)N(c3ccc(OCC)c(-c4nn5c(CCC)nc(C)c5c(=O)[nH]4)c3)C2=S)cc1C.[C-]#[N+]c1ccc(N=C=S)cc1C. The van der Waals surface area contributed by atoms with Crippen LogP contribution in [0.15, 0.2) is 106 Å². The van der Waals surface area contributed by atoms with Crippen LogP contribution in [0.25, 0.3) is 48.3 Å². The molecule has 97 heavy (non-hydrogen) atoms. The number of anilines is 3. The van der Waals surface area contributed by atoms with Crippen molar-refractivity contribution in [3.63, 3.8) is 0 Å². The number of ether oxygens (including phenoxy) is 3. The fourth-order valence-electron chi connectivity index (χ4n) is 10.7. The van der Waals surface area contributed by atoms with Gasteiger partial charge in [0.1, 0.15) is 28.7 Å². The number of H-pyrrole nitrogens is 2. The minimum Gasteiger partial charge on any atom is -0.493 e. The van der Waals surface area contributed by atoms with Gasteiger partial charge in [-0.25, -0.2) is 33.5 Å². The van der Waals surface area contributed by atoms with Crippen molar-refractivity contribution >= 4 is 97.4 Å². The van der Waals surface area contributed by atoms with E-state index in [1.807, 2.05) is 106 Å². The van der Waals surface area contributed by atoms with Crippen LogP contribution < -0.4 is 36.1 Å². The van der Waals surface area contributed by atoms with Crippen LogP contribution in [0.2, 0.25) is 0 Å². The van der Waals surface area contributed by atoms with Crippen LogP contribution in [-0.2, 0) is 39.8 Å². The molecule has 10 rings (SSSR count). The molecular weight excluding hydrogens is 1280 g/mol. The van der Waals surface area contributed by atoms with Crippen molar-refractivity contribution in [1.29, 1.82) is 0 Å². The number of isothiocyanates is 1. The van der Waals surface area contributed by atoms with E-state index in [1.165, 1.54) is 18.1 Å². The van der Waals surface area contributed by atoms with E-state index in [-0.39, 0.29) is 28.7 Å². The van der Waals surface area contributed by atoms with Crippen molar-refractivity contribution < 1.29 is 37.0 Å². The number of aromatic nitrogens is 8. The Morgan fingerprint density at radius 2 is 1.20 bits per heavy atom. The lowest BCUT2D eigenvalue weighted by Gasteiger charge is -2.30. The number of nitrogens with one attached hydrogen (secondary N) is 2. The molecule has 4 aromatic heterocycles. The maximum atomic E-state index is 13.7. The number of methoxy groups -OCH3 is 1. The van der Waals surface area contributed by atoms with Crippen molar-refractivity contribution in [2.75, 3.05) is 35.9 Å². The summed E-state index contributed by atoms with van der Waals surface area (Å²) in [6.07, 6.45) is -0.907. The van der Waals surface area contributed by atoms with Crippen molar-refractivity contribution in [2.45, 2.75) is 127 Å². The number of carbonyl (C=O) groups is 2. The first-order valence-corrected chi connectivity index (χ1v) is 31.4. The van der Waals surface area contributed by atoms with Crippen LogP contribution in [-0.4, -0.2) is 87.2 Å². The first-order chi connectivity index (χ1) is 46.0. The number of hydrogen-bond acceptors (Lipinski definition) is 15. The molecule has 0 atom stereocenters. The molecule has 5 heterocycles. The Labute approximate surface area is 569 Å². The molecule has 9 aromatic rings. The van der Waals surface area contributed by atoms with Gasteiger partial charge in [-0.15, -0.1) is 10.2 Å². The summed E-state index contributed by atoms with van der Waals surface area (Å²) in [5, 5.41) is 12.1. The lowest BCUT2D eigenvalue weighted by molar-refractivity contribution is -0.150. The fraction of sp³-hybridized carbons (Fsp3) is 0.329. The topological polar surface area (TPSA) is 246 Å². The number of aromatic amines is 2. The first-order valence-electron chi connectivity index (χ1n) is 30.6. The number of nitrogens with two attached hydrogens (primary N) is 1. The number of thiocarbonyl (C=S) groups is 2. The maximum Gasteiger partial charge on any atom is 0.407 e. The fourth-order valence-corrected chi connectivity index (χ4v) is 11.4. The number of rotatable bonds is 16. The Kier molecular flexibility index (Phi) is 23.6. The summed E-state index contributed by atoms with van der Waals surface area (Å²) in [4.78, 5) is 83.6. The average molecular weight is 1360 g/mol. The molecule has 1 saturated heterocycles. The third-order valence-electron chi connectivity index (χ3n) is 15.3. The van der Waals surface area contributed by atoms with E-state index in [1.54, 1.807) is 57.3 Å². The summed E-state index contributed by atoms with van der Waals surface area (Å²) in [6, 6.07) is 24.7. The summed E-state index contributed by atoms with van der Waals surface area (Å²) < 4.78 is 56.6. The number of imidazole rings is 2. The molecule has 502 valence electrons. The molecule has 1 aliphatic rings. The van der Waals surface area contributed by atoms with Crippen LogP contribution in [0.1, 0.15) is 114 Å². The van der Waals surface area contributed by atoms with Gasteiger partial charge in [-0.3, -0.25) is 24.1 Å². The summed E-state index contributed by atoms with van der Waals surface area (Å²) in [5.74, 6) is 2.84. The Balaban J connectivity index is 0.000000206. The molecule has 0 bridgehead atoms. The van der Waals surface area contributed by atoms with Gasteiger partial charge in [-0.05, 0) is 196 Å². The molecule has 1 fully saturated rings. The number of benzene rings is 5. The van der Waals surface area contributed by atoms with Crippen LogP contribution in [0.4, 0.5) is 53.0 Å². The zero-order chi connectivity index (χ0) is 71.4. The van der Waals surface area contributed by atoms with Gasteiger partial charge < -0.3 is 34.8 Å². The molecule has 1 aliphatic heterocycles. The van der Waals surface area contributed by atoms with Crippen molar-refractivity contribution in [2.24, 2.45) is 10.4 Å². The van der Waals surface area contributed by atoms with Gasteiger partial charge in [0, 0.05) is 29.9 Å². The van der Waals surface area contributed by atoms with E-state index in [4.69, 9.17) is 62.1 Å². The van der Waals surface area contributed by atoms with Crippen LogP contribution >= 0.6 is 24.4 Å². The van der Waals surface area contributed by atoms with E-state index in [0.29, 0.717) is 116 Å². The minimum absolute atomic E-state index is 0.000255. The lowest BCUT2D eigenvalue weighted by atomic mass is 9.85. The van der Waals surface area contributed by atoms with E-state index in [0.717, 1.165) is 59.6 Å². The largest absolute Gasteiger partial charge is 0.493 e. The summed E-state index contributed by atoms with van der Waals surface area (Å²) in [7, 11) is 1.39. The number of nitrogens with zero attached hydrogens (tertiary/aromatic N) is 12. The molecular formula is C70H72F3N15O7S2. The number of amides is 1. The van der Waals surface area contributed by atoms with E-state index < -0.39 is 28.4 Å². The predicted molar refractivity (Wildman–Crippen MR) is 376 cm³/mol. The minimum atomic E-state index is -4.52. The molecule has 0 aliphatic carbocycles. The number of carbonyl (C=O) groups excluding carboxylic acids is 2. The number of nitrogen functional groups attached to an aromatic ring is 1. The number of aliphatic imine (C=N–C) groups is 1. The molecule has 0 saturated carbocycles. The predicted octanol–water partition coefficient (Wildman–Crippen LogP) is 15.1. The summed E-state index contributed by atoms with van der Waals surface area (Å²) in [6.45, 7) is 44.1. The van der Waals surface area contributed by atoms with Crippen LogP contribution in [0, 0.1) is 52.8 Å². The quantitative estimate of drug-likeness (QED) is 0.0268. The molecule has 0 radical (unpaired) electrons. The third-order valence-corrected chi connectivity index (χ3v) is 15.8. The number of aryl methyl sites for hydroxylation is 6. The van der Waals surface area contributed by atoms with E-state index in [2.05, 4.69) is 63.8 Å². The second-order valence-electron chi connectivity index (χ2n) is 23.4. The number of esters is 1. The average Bonchev–Trinajstić information content (AvgIpc) is 1.58. The third kappa shape index (κ3) is 16.3. The smallest absolute Gasteiger partial charge is 0.407 e. The highest BCUT2D eigenvalue weighted by molar-refractivity contribution is 7.81. The maximum absolute atomic E-state index is 13.7. The van der Waals surface area contributed by atoms with Gasteiger partial charge >= 0.3 is 12.1 Å². The molecule has 0 spiro atoms. The van der Waals surface area contributed by atoms with E-state index in [9.17, 15) is 32.3 Å². The van der Waals surface area contributed by atoms with Crippen LogP contribution in [0.3, 0.4) is 0 Å². The van der Waals surface area contributed by atoms with Crippen molar-refractivity contribution in [1.82, 2.24) is 39.2 Å². The van der Waals surface area contributed by atoms with Crippen LogP contribution in [0.5, 0.6) is 11.5 Å². The number of fused-ring (bicyclic) bond motifs is 2. The Morgan fingerprint density at radius 3 is 1.67 bits per heavy atom. The van der Waals surface area contributed by atoms with Crippen molar-refractivity contribution in [3.8, 4) is 34.3 Å². The molecule has 22 nitrogen and oxygen atoms in total. The van der Waals surface area contributed by atoms with Gasteiger partial charge in [0.2, 0.25) is 0 Å². The number of alkyl halides is 3. The highest BCUT2D eigenvalue weighted by Crippen LogP contribution is 2.42. The molecule has 0 unspecified atom stereocenters. The number of halogens is 3. The summed E-state index contributed by atoms with van der Waals surface area (Å²) >= 11 is 10.3. The monoisotopic (exact) mass is 1360 g/mol. The summed E-state index contributed by atoms with van der Waals surface area (Å²) in [5.41, 5.74) is 10.6. The highest BCUT2D eigenvalue weighted by atomic mass is 32.1. The number of hydrogen-bond donors (Lipinski definition) is 3. The molecule has 27 heteroatoms. The lowest BCUT2D eigenvalue weighted by Crippen LogP contribution is -2.44. The highest BCUT2D eigenvalue weighted by Gasteiger charge is 2.50.